The zero-order valence-corrected chi connectivity index (χ0v) is 20.0. The Morgan fingerprint density at radius 3 is 0.828 bits per heavy atom. The smallest absolute Gasteiger partial charge is 0.264 e. The lowest BCUT2D eigenvalue weighted by molar-refractivity contribution is 0.478. The van der Waals surface area contributed by atoms with Crippen molar-refractivity contribution in [3.63, 3.8) is 0 Å². The van der Waals surface area contributed by atoms with Gasteiger partial charge in [0.25, 0.3) is 10.1 Å². The molecular formula is C24H51NO3S. The highest BCUT2D eigenvalue weighted by Crippen LogP contribution is 2.15. The molecule has 176 valence electrons. The van der Waals surface area contributed by atoms with Crippen LogP contribution in [0, 0.1) is 0 Å². The maximum atomic E-state index is 10.6. The van der Waals surface area contributed by atoms with Crippen LogP contribution in [0.4, 0.5) is 0 Å². The summed E-state index contributed by atoms with van der Waals surface area (Å²) in [6.07, 6.45) is 28.5. The van der Waals surface area contributed by atoms with E-state index in [2.05, 4.69) is 0 Å². The minimum Gasteiger partial charge on any atom is -0.330 e. The number of hydrogen-bond donors (Lipinski definition) is 2. The van der Waals surface area contributed by atoms with E-state index in [1.165, 1.54) is 122 Å². The Hall–Kier alpha value is -0.130. The van der Waals surface area contributed by atoms with Crippen LogP contribution in [0.2, 0.25) is 0 Å². The molecule has 0 aromatic carbocycles. The van der Waals surface area contributed by atoms with Crippen LogP contribution in [0.25, 0.3) is 0 Å². The van der Waals surface area contributed by atoms with E-state index in [4.69, 9.17) is 10.3 Å². The third kappa shape index (κ3) is 27.9. The van der Waals surface area contributed by atoms with E-state index in [9.17, 15) is 8.42 Å². The summed E-state index contributed by atoms with van der Waals surface area (Å²) in [5, 5.41) is 0. The van der Waals surface area contributed by atoms with Gasteiger partial charge >= 0.3 is 0 Å². The summed E-state index contributed by atoms with van der Waals surface area (Å²) in [6.45, 7) is 0.853. The van der Waals surface area contributed by atoms with Crippen molar-refractivity contribution in [2.45, 2.75) is 141 Å². The standard InChI is InChI=1S/C24H51NO3S/c25-23-21-19-17-15-13-11-9-7-5-3-1-2-4-6-8-10-12-14-16-18-20-22-24-29(26,27)28/h1-25H2,(H,26,27,28). The Balaban J connectivity index is 3.03. The lowest BCUT2D eigenvalue weighted by atomic mass is 10.0. The van der Waals surface area contributed by atoms with Gasteiger partial charge in [0.15, 0.2) is 0 Å². The van der Waals surface area contributed by atoms with E-state index in [0.717, 1.165) is 19.4 Å². The molecule has 0 fully saturated rings. The number of nitrogens with two attached hydrogens (primary N) is 1. The van der Waals surface area contributed by atoms with Crippen LogP contribution in [0.1, 0.15) is 141 Å². The van der Waals surface area contributed by atoms with Crippen molar-refractivity contribution in [2.24, 2.45) is 5.73 Å². The second kappa shape index (κ2) is 22.6. The Labute approximate surface area is 182 Å². The van der Waals surface area contributed by atoms with Gasteiger partial charge in [-0.1, -0.05) is 128 Å². The molecule has 0 saturated heterocycles. The van der Waals surface area contributed by atoms with E-state index in [1.54, 1.807) is 0 Å². The van der Waals surface area contributed by atoms with Gasteiger partial charge in [-0.2, -0.15) is 8.42 Å². The fraction of sp³-hybridized carbons (Fsp3) is 1.00. The average molecular weight is 434 g/mol. The zero-order valence-electron chi connectivity index (χ0n) is 19.2. The molecular weight excluding hydrogens is 382 g/mol. The molecule has 0 heterocycles. The summed E-state index contributed by atoms with van der Waals surface area (Å²) in [5.74, 6) is -0.0804. The minimum atomic E-state index is -3.75. The van der Waals surface area contributed by atoms with E-state index in [1.807, 2.05) is 0 Å². The quantitative estimate of drug-likeness (QED) is 0.123. The third-order valence-electron chi connectivity index (χ3n) is 5.86. The second-order valence-corrected chi connectivity index (χ2v) is 10.4. The van der Waals surface area contributed by atoms with Gasteiger partial charge in [-0.05, 0) is 19.4 Å². The Bertz CT molecular complexity index is 412. The van der Waals surface area contributed by atoms with E-state index in [-0.39, 0.29) is 5.75 Å². The predicted octanol–water partition coefficient (Wildman–Crippen LogP) is 7.42. The van der Waals surface area contributed by atoms with E-state index >= 15 is 0 Å². The zero-order chi connectivity index (χ0) is 21.5. The number of hydrogen-bond acceptors (Lipinski definition) is 3. The molecule has 0 rings (SSSR count). The molecule has 29 heavy (non-hydrogen) atoms. The molecule has 0 aliphatic rings. The Morgan fingerprint density at radius 2 is 0.621 bits per heavy atom. The largest absolute Gasteiger partial charge is 0.330 e. The van der Waals surface area contributed by atoms with Crippen LogP contribution in [-0.4, -0.2) is 25.3 Å². The maximum absolute atomic E-state index is 10.6. The summed E-state index contributed by atoms with van der Waals surface area (Å²) in [4.78, 5) is 0. The lowest BCUT2D eigenvalue weighted by Crippen LogP contribution is -2.03. The normalized spacial score (nSPS) is 11.9. The first-order valence-electron chi connectivity index (χ1n) is 12.7. The van der Waals surface area contributed by atoms with Crippen molar-refractivity contribution in [3.05, 3.63) is 0 Å². The molecule has 0 amide bonds. The lowest BCUT2D eigenvalue weighted by Gasteiger charge is -2.04. The summed E-state index contributed by atoms with van der Waals surface area (Å²) in [7, 11) is -3.75. The number of unbranched alkanes of at least 4 members (excludes halogenated alkanes) is 21. The molecule has 0 spiro atoms. The SMILES string of the molecule is NCCCCCCCCCCCCCCCCCCCCCCCCS(=O)(=O)O. The first-order valence-corrected chi connectivity index (χ1v) is 14.3. The molecule has 0 aromatic heterocycles. The van der Waals surface area contributed by atoms with Gasteiger partial charge < -0.3 is 5.73 Å². The minimum absolute atomic E-state index is 0.0804. The van der Waals surface area contributed by atoms with Crippen LogP contribution >= 0.6 is 0 Å². The summed E-state index contributed by atoms with van der Waals surface area (Å²) >= 11 is 0. The van der Waals surface area contributed by atoms with Crippen molar-refractivity contribution in [3.8, 4) is 0 Å². The van der Waals surface area contributed by atoms with E-state index < -0.39 is 10.1 Å². The molecule has 0 saturated carbocycles. The van der Waals surface area contributed by atoms with Crippen LogP contribution in [0.3, 0.4) is 0 Å². The predicted molar refractivity (Wildman–Crippen MR) is 127 cm³/mol. The van der Waals surface area contributed by atoms with Gasteiger partial charge in [-0.15, -0.1) is 0 Å². The van der Waals surface area contributed by atoms with Crippen molar-refractivity contribution < 1.29 is 13.0 Å². The second-order valence-electron chi connectivity index (χ2n) is 8.85. The molecule has 0 bridgehead atoms. The molecule has 4 nitrogen and oxygen atoms in total. The number of rotatable bonds is 24. The fourth-order valence-electron chi connectivity index (χ4n) is 3.96. The topological polar surface area (TPSA) is 80.4 Å². The van der Waals surface area contributed by atoms with Crippen molar-refractivity contribution in [1.82, 2.24) is 0 Å². The summed E-state index contributed by atoms with van der Waals surface area (Å²) in [6, 6.07) is 0. The Kier molecular flexibility index (Phi) is 22.5. The van der Waals surface area contributed by atoms with Crippen molar-refractivity contribution in [1.29, 1.82) is 0 Å². The summed E-state index contributed by atoms with van der Waals surface area (Å²) < 4.78 is 29.9. The highest BCUT2D eigenvalue weighted by molar-refractivity contribution is 7.85. The van der Waals surface area contributed by atoms with Gasteiger partial charge in [0.1, 0.15) is 0 Å². The van der Waals surface area contributed by atoms with Crippen LogP contribution in [-0.2, 0) is 10.1 Å². The maximum Gasteiger partial charge on any atom is 0.264 e. The first kappa shape index (κ1) is 28.9. The molecule has 3 N–H and O–H groups in total. The van der Waals surface area contributed by atoms with Crippen LogP contribution in [0.15, 0.2) is 0 Å². The molecule has 0 aromatic rings. The Morgan fingerprint density at radius 1 is 0.414 bits per heavy atom. The van der Waals surface area contributed by atoms with Crippen LogP contribution < -0.4 is 5.73 Å². The van der Waals surface area contributed by atoms with Crippen molar-refractivity contribution >= 4 is 10.1 Å². The average Bonchev–Trinajstić information content (AvgIpc) is 2.67. The molecule has 0 aliphatic carbocycles. The first-order chi connectivity index (χ1) is 14.1. The fourth-order valence-corrected chi connectivity index (χ4v) is 4.53. The molecule has 0 aliphatic heterocycles. The van der Waals surface area contributed by atoms with Gasteiger partial charge in [-0.3, -0.25) is 4.55 Å². The van der Waals surface area contributed by atoms with Gasteiger partial charge in [0.2, 0.25) is 0 Å². The van der Waals surface area contributed by atoms with Gasteiger partial charge in [-0.25, -0.2) is 0 Å². The molecule has 0 atom stereocenters. The highest BCUT2D eigenvalue weighted by Gasteiger charge is 2.02. The molecule has 5 heteroatoms. The van der Waals surface area contributed by atoms with Crippen LogP contribution in [0.5, 0.6) is 0 Å². The monoisotopic (exact) mass is 433 g/mol. The van der Waals surface area contributed by atoms with Gasteiger partial charge in [0, 0.05) is 0 Å². The van der Waals surface area contributed by atoms with E-state index in [0.29, 0.717) is 6.42 Å². The highest BCUT2D eigenvalue weighted by atomic mass is 32.2. The molecule has 0 radical (unpaired) electrons. The third-order valence-corrected chi connectivity index (χ3v) is 6.66. The molecule has 0 unspecified atom stereocenters. The van der Waals surface area contributed by atoms with Crippen molar-refractivity contribution in [2.75, 3.05) is 12.3 Å². The van der Waals surface area contributed by atoms with Gasteiger partial charge in [0.05, 0.1) is 5.75 Å². The summed E-state index contributed by atoms with van der Waals surface area (Å²) in [5.41, 5.74) is 5.51.